The molecule has 1 aliphatic rings. The van der Waals surface area contributed by atoms with Crippen LogP contribution in [0.5, 0.6) is 5.75 Å². The molecular weight excluding hydrogens is 190 g/mol. The molecule has 3 heteroatoms. The van der Waals surface area contributed by atoms with Crippen LogP contribution in [0, 0.1) is 6.92 Å². The number of hydrogen-bond donors (Lipinski definition) is 0. The fourth-order valence-electron chi connectivity index (χ4n) is 2.02. The van der Waals surface area contributed by atoms with Crippen LogP contribution in [0.2, 0.25) is 0 Å². The molecule has 1 aromatic carbocycles. The largest absolute Gasteiger partial charge is 0.496 e. The lowest BCUT2D eigenvalue weighted by Crippen LogP contribution is -2.24. The lowest BCUT2D eigenvalue weighted by atomic mass is 10.1. The summed E-state index contributed by atoms with van der Waals surface area (Å²) in [6.45, 7) is 2.81. The monoisotopic (exact) mass is 205 g/mol. The van der Waals surface area contributed by atoms with Crippen molar-refractivity contribution in [2.45, 2.75) is 19.8 Å². The number of hydrogen-bond acceptors (Lipinski definition) is 2. The van der Waals surface area contributed by atoms with E-state index in [0.29, 0.717) is 6.42 Å². The molecule has 1 aromatic rings. The van der Waals surface area contributed by atoms with Crippen LogP contribution in [0.4, 0.5) is 5.69 Å². The van der Waals surface area contributed by atoms with Gasteiger partial charge < -0.3 is 9.64 Å². The Bertz CT molecular complexity index is 387. The van der Waals surface area contributed by atoms with Crippen LogP contribution in [0.3, 0.4) is 0 Å². The van der Waals surface area contributed by atoms with E-state index in [4.69, 9.17) is 4.74 Å². The number of carbonyl (C=O) groups excluding carboxylic acids is 1. The predicted molar refractivity (Wildman–Crippen MR) is 59.3 cm³/mol. The molecule has 0 bridgehead atoms. The molecule has 0 aliphatic carbocycles. The maximum absolute atomic E-state index is 11.6. The Hall–Kier alpha value is -1.51. The average Bonchev–Trinajstić information content (AvgIpc) is 2.65. The van der Waals surface area contributed by atoms with Gasteiger partial charge in [-0.05, 0) is 25.5 Å². The van der Waals surface area contributed by atoms with Gasteiger partial charge in [0.2, 0.25) is 5.91 Å². The summed E-state index contributed by atoms with van der Waals surface area (Å²) in [6.07, 6.45) is 1.62. The number of ether oxygens (including phenoxy) is 1. The van der Waals surface area contributed by atoms with E-state index >= 15 is 0 Å². The highest BCUT2D eigenvalue weighted by Gasteiger charge is 2.23. The van der Waals surface area contributed by atoms with E-state index in [1.165, 1.54) is 0 Å². The third-order valence-corrected chi connectivity index (χ3v) is 2.84. The smallest absolute Gasteiger partial charge is 0.227 e. The summed E-state index contributed by atoms with van der Waals surface area (Å²) in [6, 6.07) is 5.81. The molecule has 0 spiro atoms. The van der Waals surface area contributed by atoms with Gasteiger partial charge in [0.25, 0.3) is 0 Å². The van der Waals surface area contributed by atoms with Crippen molar-refractivity contribution in [3.63, 3.8) is 0 Å². The van der Waals surface area contributed by atoms with Gasteiger partial charge in [0, 0.05) is 18.5 Å². The number of amides is 1. The van der Waals surface area contributed by atoms with Gasteiger partial charge in [-0.1, -0.05) is 6.07 Å². The average molecular weight is 205 g/mol. The van der Waals surface area contributed by atoms with Crippen molar-refractivity contribution in [2.75, 3.05) is 18.6 Å². The molecule has 3 nitrogen and oxygen atoms in total. The van der Waals surface area contributed by atoms with Crippen molar-refractivity contribution in [1.82, 2.24) is 0 Å². The number of anilines is 1. The van der Waals surface area contributed by atoms with E-state index in [1.54, 1.807) is 7.11 Å². The number of rotatable bonds is 2. The van der Waals surface area contributed by atoms with Gasteiger partial charge in [0.05, 0.1) is 12.8 Å². The number of carbonyl (C=O) groups is 1. The Morgan fingerprint density at radius 2 is 2.20 bits per heavy atom. The second-order valence-corrected chi connectivity index (χ2v) is 3.75. The van der Waals surface area contributed by atoms with Crippen molar-refractivity contribution in [3.8, 4) is 5.75 Å². The SMILES string of the molecule is COc1cccc(N2CCCC2=O)c1C. The third-order valence-electron chi connectivity index (χ3n) is 2.84. The van der Waals surface area contributed by atoms with E-state index in [1.807, 2.05) is 30.0 Å². The maximum atomic E-state index is 11.6. The first kappa shape index (κ1) is 10.0. The van der Waals surface area contributed by atoms with Crippen LogP contribution in [-0.4, -0.2) is 19.6 Å². The lowest BCUT2D eigenvalue weighted by molar-refractivity contribution is -0.117. The van der Waals surface area contributed by atoms with Gasteiger partial charge in [0.1, 0.15) is 5.75 Å². The van der Waals surface area contributed by atoms with Crippen LogP contribution in [-0.2, 0) is 4.79 Å². The zero-order chi connectivity index (χ0) is 10.8. The Morgan fingerprint density at radius 1 is 1.40 bits per heavy atom. The van der Waals surface area contributed by atoms with E-state index in [0.717, 1.165) is 30.0 Å². The van der Waals surface area contributed by atoms with Crippen molar-refractivity contribution in [1.29, 1.82) is 0 Å². The molecule has 15 heavy (non-hydrogen) atoms. The highest BCUT2D eigenvalue weighted by atomic mass is 16.5. The number of benzene rings is 1. The highest BCUT2D eigenvalue weighted by molar-refractivity contribution is 5.96. The zero-order valence-electron chi connectivity index (χ0n) is 9.12. The molecule has 0 radical (unpaired) electrons. The molecule has 0 aromatic heterocycles. The fourth-order valence-corrected chi connectivity index (χ4v) is 2.02. The van der Waals surface area contributed by atoms with Crippen molar-refractivity contribution in [3.05, 3.63) is 23.8 Å². The van der Waals surface area contributed by atoms with E-state index in [9.17, 15) is 4.79 Å². The molecule has 1 fully saturated rings. The summed E-state index contributed by atoms with van der Waals surface area (Å²) in [5.41, 5.74) is 2.02. The molecular formula is C12H15NO2. The molecule has 2 rings (SSSR count). The summed E-state index contributed by atoms with van der Waals surface area (Å²) < 4.78 is 5.24. The predicted octanol–water partition coefficient (Wildman–Crippen LogP) is 2.13. The first-order valence-electron chi connectivity index (χ1n) is 5.18. The van der Waals surface area contributed by atoms with Gasteiger partial charge in [-0.15, -0.1) is 0 Å². The van der Waals surface area contributed by atoms with Crippen molar-refractivity contribution >= 4 is 11.6 Å². The molecule has 1 amide bonds. The molecule has 0 atom stereocenters. The molecule has 0 unspecified atom stereocenters. The Balaban J connectivity index is 2.39. The van der Waals surface area contributed by atoms with Gasteiger partial charge in [-0.25, -0.2) is 0 Å². The van der Waals surface area contributed by atoms with E-state index < -0.39 is 0 Å². The first-order chi connectivity index (χ1) is 7.24. The molecule has 1 saturated heterocycles. The van der Waals surface area contributed by atoms with Gasteiger partial charge in [0.15, 0.2) is 0 Å². The minimum absolute atomic E-state index is 0.214. The molecule has 0 N–H and O–H groups in total. The molecule has 80 valence electrons. The zero-order valence-corrected chi connectivity index (χ0v) is 9.12. The Morgan fingerprint density at radius 3 is 2.80 bits per heavy atom. The van der Waals surface area contributed by atoms with Crippen molar-refractivity contribution < 1.29 is 9.53 Å². The highest BCUT2D eigenvalue weighted by Crippen LogP contribution is 2.30. The lowest BCUT2D eigenvalue weighted by Gasteiger charge is -2.19. The summed E-state index contributed by atoms with van der Waals surface area (Å²) in [4.78, 5) is 13.5. The second-order valence-electron chi connectivity index (χ2n) is 3.75. The Labute approximate surface area is 89.7 Å². The molecule has 1 heterocycles. The van der Waals surface area contributed by atoms with Crippen molar-refractivity contribution in [2.24, 2.45) is 0 Å². The number of nitrogens with zero attached hydrogens (tertiary/aromatic N) is 1. The quantitative estimate of drug-likeness (QED) is 0.740. The van der Waals surface area contributed by atoms with Gasteiger partial charge in [-0.3, -0.25) is 4.79 Å². The third kappa shape index (κ3) is 1.69. The number of methoxy groups -OCH3 is 1. The van der Waals surface area contributed by atoms with Crippen LogP contribution in [0.25, 0.3) is 0 Å². The van der Waals surface area contributed by atoms with Gasteiger partial charge in [-0.2, -0.15) is 0 Å². The Kier molecular flexibility index (Phi) is 2.62. The van der Waals surface area contributed by atoms with Gasteiger partial charge >= 0.3 is 0 Å². The molecule has 1 aliphatic heterocycles. The standard InChI is InChI=1S/C12H15NO2/c1-9-10(5-3-6-11(9)15-2)13-8-4-7-12(13)14/h3,5-6H,4,7-8H2,1-2H3. The maximum Gasteiger partial charge on any atom is 0.227 e. The summed E-state index contributed by atoms with van der Waals surface area (Å²) in [5, 5.41) is 0. The first-order valence-corrected chi connectivity index (χ1v) is 5.18. The topological polar surface area (TPSA) is 29.5 Å². The minimum Gasteiger partial charge on any atom is -0.496 e. The van der Waals surface area contributed by atoms with Crippen LogP contribution < -0.4 is 9.64 Å². The van der Waals surface area contributed by atoms with Crippen LogP contribution >= 0.6 is 0 Å². The van der Waals surface area contributed by atoms with E-state index in [-0.39, 0.29) is 5.91 Å². The van der Waals surface area contributed by atoms with Crippen LogP contribution in [0.1, 0.15) is 18.4 Å². The van der Waals surface area contributed by atoms with E-state index in [2.05, 4.69) is 0 Å². The molecule has 0 saturated carbocycles. The summed E-state index contributed by atoms with van der Waals surface area (Å²) in [7, 11) is 1.65. The minimum atomic E-state index is 0.214. The fraction of sp³-hybridized carbons (Fsp3) is 0.417. The normalized spacial score (nSPS) is 15.9. The summed E-state index contributed by atoms with van der Waals surface area (Å²) >= 11 is 0. The van der Waals surface area contributed by atoms with Crippen LogP contribution in [0.15, 0.2) is 18.2 Å². The second kappa shape index (κ2) is 3.93. The summed E-state index contributed by atoms with van der Waals surface area (Å²) in [5.74, 6) is 1.05.